The molecule has 2 aromatic carbocycles. The van der Waals surface area contributed by atoms with Crippen LogP contribution in [0.5, 0.6) is 0 Å². The zero-order valence-corrected chi connectivity index (χ0v) is 14.7. The first-order chi connectivity index (χ1) is 11.0. The lowest BCUT2D eigenvalue weighted by Crippen LogP contribution is -2.08. The third kappa shape index (κ3) is 4.28. The molecule has 0 amide bonds. The van der Waals surface area contributed by atoms with Crippen LogP contribution in [0, 0.1) is 6.92 Å². The van der Waals surface area contributed by atoms with E-state index in [1.54, 1.807) is 6.34 Å². The van der Waals surface area contributed by atoms with E-state index in [0.717, 1.165) is 23.5 Å². The number of aliphatic imine (C=N–C) groups is 2. The molecule has 0 aromatic heterocycles. The summed E-state index contributed by atoms with van der Waals surface area (Å²) in [5.41, 5.74) is 5.91. The van der Waals surface area contributed by atoms with Crippen LogP contribution in [0.3, 0.4) is 0 Å². The SMILES string of the molecule is CCc1ccc(-c2ccccc2)c(/N=C(C)/N=C/N(C)C)c1C. The van der Waals surface area contributed by atoms with Crippen LogP contribution in [-0.4, -0.2) is 31.2 Å². The van der Waals surface area contributed by atoms with E-state index in [1.807, 2.05) is 32.0 Å². The molecule has 23 heavy (non-hydrogen) atoms. The first-order valence-electron chi connectivity index (χ1n) is 7.96. The van der Waals surface area contributed by atoms with Crippen molar-refractivity contribution in [1.82, 2.24) is 4.90 Å². The molecule has 0 N–H and O–H groups in total. The molecule has 0 spiro atoms. The largest absolute Gasteiger partial charge is 0.369 e. The fourth-order valence-corrected chi connectivity index (χ4v) is 2.51. The summed E-state index contributed by atoms with van der Waals surface area (Å²) in [5.74, 6) is 0.757. The Morgan fingerprint density at radius 1 is 1.09 bits per heavy atom. The van der Waals surface area contributed by atoms with Crippen molar-refractivity contribution in [1.29, 1.82) is 0 Å². The molecule has 0 fully saturated rings. The van der Waals surface area contributed by atoms with Crippen LogP contribution in [0.2, 0.25) is 0 Å². The van der Waals surface area contributed by atoms with Gasteiger partial charge in [-0.15, -0.1) is 0 Å². The Bertz CT molecular complexity index is 713. The zero-order valence-electron chi connectivity index (χ0n) is 14.7. The van der Waals surface area contributed by atoms with Crippen molar-refractivity contribution in [2.45, 2.75) is 27.2 Å². The van der Waals surface area contributed by atoms with Gasteiger partial charge in [-0.05, 0) is 37.0 Å². The second kappa shape index (κ2) is 7.73. The average molecular weight is 307 g/mol. The number of nitrogens with zero attached hydrogens (tertiary/aromatic N) is 3. The van der Waals surface area contributed by atoms with Crippen LogP contribution in [0.25, 0.3) is 11.1 Å². The first kappa shape index (κ1) is 16.9. The zero-order chi connectivity index (χ0) is 16.8. The van der Waals surface area contributed by atoms with Crippen LogP contribution >= 0.6 is 0 Å². The Morgan fingerprint density at radius 2 is 1.78 bits per heavy atom. The topological polar surface area (TPSA) is 28.0 Å². The Balaban J connectivity index is 2.57. The predicted octanol–water partition coefficient (Wildman–Crippen LogP) is 4.86. The maximum absolute atomic E-state index is 4.81. The van der Waals surface area contributed by atoms with E-state index in [4.69, 9.17) is 4.99 Å². The summed E-state index contributed by atoms with van der Waals surface area (Å²) in [6.45, 7) is 6.26. The van der Waals surface area contributed by atoms with Crippen molar-refractivity contribution in [3.63, 3.8) is 0 Å². The van der Waals surface area contributed by atoms with E-state index in [1.165, 1.54) is 16.7 Å². The van der Waals surface area contributed by atoms with Gasteiger partial charge in [0.05, 0.1) is 12.0 Å². The number of rotatable bonds is 4. The van der Waals surface area contributed by atoms with Gasteiger partial charge in [-0.2, -0.15) is 0 Å². The smallest absolute Gasteiger partial charge is 0.127 e. The van der Waals surface area contributed by atoms with Gasteiger partial charge in [0.2, 0.25) is 0 Å². The molecule has 3 nitrogen and oxygen atoms in total. The van der Waals surface area contributed by atoms with Crippen LogP contribution in [0.4, 0.5) is 5.69 Å². The Kier molecular flexibility index (Phi) is 5.69. The molecular weight excluding hydrogens is 282 g/mol. The average Bonchev–Trinajstić information content (AvgIpc) is 2.55. The van der Waals surface area contributed by atoms with Crippen LogP contribution < -0.4 is 0 Å². The predicted molar refractivity (Wildman–Crippen MR) is 101 cm³/mol. The molecule has 0 bridgehead atoms. The first-order valence-corrected chi connectivity index (χ1v) is 7.96. The summed E-state index contributed by atoms with van der Waals surface area (Å²) >= 11 is 0. The fourth-order valence-electron chi connectivity index (χ4n) is 2.51. The van der Waals surface area contributed by atoms with Crippen LogP contribution in [0.1, 0.15) is 25.0 Å². The van der Waals surface area contributed by atoms with E-state index in [2.05, 4.69) is 55.2 Å². The number of amidine groups is 1. The second-order valence-corrected chi connectivity index (χ2v) is 5.83. The highest BCUT2D eigenvalue weighted by Crippen LogP contribution is 2.35. The molecule has 0 saturated carbocycles. The van der Waals surface area contributed by atoms with Crippen molar-refractivity contribution < 1.29 is 0 Å². The van der Waals surface area contributed by atoms with E-state index >= 15 is 0 Å². The minimum atomic E-state index is 0.757. The maximum atomic E-state index is 4.81. The van der Waals surface area contributed by atoms with E-state index in [-0.39, 0.29) is 0 Å². The Labute approximate surface area is 139 Å². The van der Waals surface area contributed by atoms with Gasteiger partial charge in [0.1, 0.15) is 5.84 Å². The monoisotopic (exact) mass is 307 g/mol. The van der Waals surface area contributed by atoms with Crippen LogP contribution in [0.15, 0.2) is 52.4 Å². The number of hydrogen-bond acceptors (Lipinski definition) is 1. The quantitative estimate of drug-likeness (QED) is 0.585. The lowest BCUT2D eigenvalue weighted by Gasteiger charge is -2.13. The summed E-state index contributed by atoms with van der Waals surface area (Å²) < 4.78 is 0. The minimum absolute atomic E-state index is 0.757. The van der Waals surface area contributed by atoms with Crippen LogP contribution in [-0.2, 0) is 6.42 Å². The Hall–Kier alpha value is -2.42. The highest BCUT2D eigenvalue weighted by Gasteiger charge is 2.10. The van der Waals surface area contributed by atoms with Gasteiger partial charge in [0.15, 0.2) is 0 Å². The van der Waals surface area contributed by atoms with Gasteiger partial charge in [-0.3, -0.25) is 0 Å². The molecule has 0 saturated heterocycles. The summed E-state index contributed by atoms with van der Waals surface area (Å²) in [6, 6.07) is 14.8. The molecule has 3 heteroatoms. The van der Waals surface area contributed by atoms with Gasteiger partial charge in [0, 0.05) is 19.7 Å². The molecule has 0 aliphatic rings. The van der Waals surface area contributed by atoms with Crippen molar-refractivity contribution in [3.8, 4) is 11.1 Å². The molecule has 2 aromatic rings. The molecule has 2 rings (SSSR count). The standard InChI is InChI=1S/C20H25N3/c1-6-17-12-13-19(18-10-8-7-9-11-18)20(15(17)2)22-16(3)21-14-23(4)5/h7-14H,6H2,1-5H3/b21-14+,22-16+. The highest BCUT2D eigenvalue weighted by atomic mass is 15.1. The molecule has 0 aliphatic carbocycles. The normalized spacial score (nSPS) is 12.0. The number of hydrogen-bond donors (Lipinski definition) is 0. The van der Waals surface area contributed by atoms with Gasteiger partial charge in [-0.1, -0.05) is 49.4 Å². The lowest BCUT2D eigenvalue weighted by molar-refractivity contribution is 0.644. The maximum Gasteiger partial charge on any atom is 0.127 e. The third-order valence-electron chi connectivity index (χ3n) is 3.76. The molecular formula is C20H25N3. The van der Waals surface area contributed by atoms with Crippen molar-refractivity contribution >= 4 is 17.9 Å². The molecule has 120 valence electrons. The number of aryl methyl sites for hydroxylation is 1. The molecule has 0 aliphatic heterocycles. The van der Waals surface area contributed by atoms with Gasteiger partial charge in [-0.25, -0.2) is 9.98 Å². The summed E-state index contributed by atoms with van der Waals surface area (Å²) in [7, 11) is 3.91. The van der Waals surface area contributed by atoms with E-state index < -0.39 is 0 Å². The minimum Gasteiger partial charge on any atom is -0.369 e. The van der Waals surface area contributed by atoms with Crippen molar-refractivity contribution in [2.24, 2.45) is 9.98 Å². The van der Waals surface area contributed by atoms with Gasteiger partial charge >= 0.3 is 0 Å². The van der Waals surface area contributed by atoms with E-state index in [9.17, 15) is 0 Å². The van der Waals surface area contributed by atoms with E-state index in [0.29, 0.717) is 0 Å². The summed E-state index contributed by atoms with van der Waals surface area (Å²) in [5, 5.41) is 0. The lowest BCUT2D eigenvalue weighted by atomic mass is 9.96. The van der Waals surface area contributed by atoms with Gasteiger partial charge in [0.25, 0.3) is 0 Å². The highest BCUT2D eigenvalue weighted by molar-refractivity contribution is 5.92. The second-order valence-electron chi connectivity index (χ2n) is 5.83. The fraction of sp³-hybridized carbons (Fsp3) is 0.300. The molecule has 0 atom stereocenters. The molecule has 0 heterocycles. The number of benzene rings is 2. The summed E-state index contributed by atoms with van der Waals surface area (Å²) in [4.78, 5) is 11.1. The summed E-state index contributed by atoms with van der Waals surface area (Å²) in [6.07, 6.45) is 2.78. The Morgan fingerprint density at radius 3 is 2.39 bits per heavy atom. The van der Waals surface area contributed by atoms with Crippen molar-refractivity contribution in [3.05, 3.63) is 53.6 Å². The van der Waals surface area contributed by atoms with Gasteiger partial charge < -0.3 is 4.90 Å². The third-order valence-corrected chi connectivity index (χ3v) is 3.76. The molecule has 0 radical (unpaired) electrons. The van der Waals surface area contributed by atoms with Crippen molar-refractivity contribution in [2.75, 3.05) is 14.1 Å². The molecule has 0 unspecified atom stereocenters.